The number of nitrogens with zero attached hydrogens (tertiary/aromatic N) is 8. The molecule has 1 atom stereocenters. The first-order chi connectivity index (χ1) is 22.2. The lowest BCUT2D eigenvalue weighted by molar-refractivity contribution is -0.127. The Labute approximate surface area is 267 Å². The van der Waals surface area contributed by atoms with E-state index in [4.69, 9.17) is 10.5 Å². The summed E-state index contributed by atoms with van der Waals surface area (Å²) in [5.74, 6) is 1.18. The van der Waals surface area contributed by atoms with Crippen LogP contribution in [0.5, 0.6) is 11.5 Å². The van der Waals surface area contributed by atoms with Gasteiger partial charge in [0.25, 0.3) is 5.91 Å². The first kappa shape index (κ1) is 31.0. The van der Waals surface area contributed by atoms with Crippen LogP contribution >= 0.6 is 0 Å². The molecule has 0 spiro atoms. The zero-order valence-electron chi connectivity index (χ0n) is 26.5. The third kappa shape index (κ3) is 6.11. The van der Waals surface area contributed by atoms with Crippen LogP contribution in [0.25, 0.3) is 16.9 Å². The van der Waals surface area contributed by atoms with E-state index in [1.165, 1.54) is 10.9 Å². The predicted molar refractivity (Wildman–Crippen MR) is 176 cm³/mol. The van der Waals surface area contributed by atoms with Crippen molar-refractivity contribution in [3.8, 4) is 23.3 Å². The molecule has 12 heteroatoms. The molecule has 2 aromatic carbocycles. The molecule has 2 fully saturated rings. The standard InChI is InChI=1S/C34H39N9O3/c1-34(2,40-18-16-39(3)17-19-40)20-24(21-35)32(44)41-15-7-8-26(41)22-42-31-29(30(36)37-23-38-31)43(33(42)45)25-11-13-28(14-12-25)46-27-9-5-4-6-10-27/h4-6,9-14,20,23,26H,7-8,15-19,22H2,1-3H3,(H2,36,37,38). The van der Waals surface area contributed by atoms with Gasteiger partial charge in [0.2, 0.25) is 0 Å². The fourth-order valence-corrected chi connectivity index (χ4v) is 6.42. The van der Waals surface area contributed by atoms with Crippen LogP contribution in [-0.2, 0) is 11.3 Å². The molecule has 0 aliphatic carbocycles. The molecule has 0 bridgehead atoms. The van der Waals surface area contributed by atoms with Crippen LogP contribution in [0.3, 0.4) is 0 Å². The summed E-state index contributed by atoms with van der Waals surface area (Å²) in [6.07, 6.45) is 4.60. The van der Waals surface area contributed by atoms with Gasteiger partial charge in [-0.1, -0.05) is 18.2 Å². The predicted octanol–water partition coefficient (Wildman–Crippen LogP) is 3.42. The summed E-state index contributed by atoms with van der Waals surface area (Å²) in [7, 11) is 2.10. The van der Waals surface area contributed by atoms with Gasteiger partial charge in [0, 0.05) is 44.8 Å². The number of carbonyl (C=O) groups is 1. The summed E-state index contributed by atoms with van der Waals surface area (Å²) in [5, 5.41) is 10.1. The number of para-hydroxylation sites is 1. The first-order valence-corrected chi connectivity index (χ1v) is 15.6. The number of rotatable bonds is 8. The molecule has 0 saturated carbocycles. The average Bonchev–Trinajstić information content (AvgIpc) is 3.63. The number of nitrogens with two attached hydrogens (primary N) is 1. The number of piperazine rings is 1. The molecule has 12 nitrogen and oxygen atoms in total. The monoisotopic (exact) mass is 621 g/mol. The zero-order valence-corrected chi connectivity index (χ0v) is 26.5. The Kier molecular flexibility index (Phi) is 8.62. The van der Waals surface area contributed by atoms with Crippen molar-refractivity contribution in [3.05, 3.63) is 83.1 Å². The van der Waals surface area contributed by atoms with Gasteiger partial charge in [0.05, 0.1) is 11.7 Å². The minimum atomic E-state index is -0.461. The van der Waals surface area contributed by atoms with Gasteiger partial charge >= 0.3 is 5.69 Å². The summed E-state index contributed by atoms with van der Waals surface area (Å²) in [6, 6.07) is 18.5. The summed E-state index contributed by atoms with van der Waals surface area (Å²) in [6.45, 7) is 8.39. The Morgan fingerprint density at radius 2 is 1.74 bits per heavy atom. The highest BCUT2D eigenvalue weighted by Crippen LogP contribution is 2.28. The van der Waals surface area contributed by atoms with E-state index in [0.29, 0.717) is 41.3 Å². The third-order valence-corrected chi connectivity index (χ3v) is 9.00. The van der Waals surface area contributed by atoms with Gasteiger partial charge in [0.1, 0.15) is 35.0 Å². The topological polar surface area (TPSA) is 139 Å². The second-order valence-electron chi connectivity index (χ2n) is 12.5. The third-order valence-electron chi connectivity index (χ3n) is 9.00. The van der Waals surface area contributed by atoms with Gasteiger partial charge in [-0.05, 0) is 76.2 Å². The molecular formula is C34H39N9O3. The first-order valence-electron chi connectivity index (χ1n) is 15.6. The van der Waals surface area contributed by atoms with E-state index in [9.17, 15) is 14.9 Å². The van der Waals surface area contributed by atoms with E-state index in [1.54, 1.807) is 39.8 Å². The number of imidazole rings is 1. The lowest BCUT2D eigenvalue weighted by Gasteiger charge is -2.42. The highest BCUT2D eigenvalue weighted by molar-refractivity contribution is 5.97. The number of nitrogen functional groups attached to an aromatic ring is 1. The number of fused-ring (bicyclic) bond motifs is 1. The number of hydrogen-bond donors (Lipinski definition) is 1. The molecule has 6 rings (SSSR count). The van der Waals surface area contributed by atoms with Crippen molar-refractivity contribution in [3.63, 3.8) is 0 Å². The number of likely N-dealkylation sites (tertiary alicyclic amines) is 1. The van der Waals surface area contributed by atoms with Gasteiger partial charge in [-0.2, -0.15) is 5.26 Å². The number of aromatic nitrogens is 4. The summed E-state index contributed by atoms with van der Waals surface area (Å²) in [4.78, 5) is 42.8. The Morgan fingerprint density at radius 1 is 1.04 bits per heavy atom. The lowest BCUT2D eigenvalue weighted by atomic mass is 9.97. The van der Waals surface area contributed by atoms with E-state index in [1.807, 2.05) is 44.2 Å². The van der Waals surface area contributed by atoms with Crippen LogP contribution in [0.1, 0.15) is 26.7 Å². The largest absolute Gasteiger partial charge is 0.457 e. The molecule has 2 N–H and O–H groups in total. The van der Waals surface area contributed by atoms with E-state index in [0.717, 1.165) is 32.6 Å². The smallest absolute Gasteiger partial charge is 0.335 e. The maximum atomic E-state index is 14.1. The maximum absolute atomic E-state index is 14.1. The second-order valence-corrected chi connectivity index (χ2v) is 12.5. The Morgan fingerprint density at radius 3 is 2.43 bits per heavy atom. The van der Waals surface area contributed by atoms with Gasteiger partial charge < -0.3 is 20.3 Å². The molecule has 238 valence electrons. The van der Waals surface area contributed by atoms with E-state index in [-0.39, 0.29) is 35.6 Å². The molecular weight excluding hydrogens is 582 g/mol. The van der Waals surface area contributed by atoms with Crippen molar-refractivity contribution in [1.82, 2.24) is 33.8 Å². The van der Waals surface area contributed by atoms with Crippen molar-refractivity contribution in [1.29, 1.82) is 5.26 Å². The zero-order chi connectivity index (χ0) is 32.4. The minimum absolute atomic E-state index is 0.120. The molecule has 2 saturated heterocycles. The molecule has 2 aliphatic rings. The van der Waals surface area contributed by atoms with Crippen LogP contribution < -0.4 is 16.2 Å². The van der Waals surface area contributed by atoms with Gasteiger partial charge in [-0.3, -0.25) is 18.8 Å². The number of ether oxygens (including phenoxy) is 1. The number of likely N-dealkylation sites (N-methyl/N-ethyl adjacent to an activating group) is 1. The van der Waals surface area contributed by atoms with Crippen molar-refractivity contribution in [2.24, 2.45) is 0 Å². The molecule has 1 amide bonds. The highest BCUT2D eigenvalue weighted by Gasteiger charge is 2.35. The summed E-state index contributed by atoms with van der Waals surface area (Å²) < 4.78 is 8.98. The fourth-order valence-electron chi connectivity index (χ4n) is 6.42. The summed E-state index contributed by atoms with van der Waals surface area (Å²) in [5.41, 5.74) is 6.99. The second kappa shape index (κ2) is 12.8. The van der Waals surface area contributed by atoms with E-state index in [2.05, 4.69) is 32.9 Å². The van der Waals surface area contributed by atoms with Crippen molar-refractivity contribution < 1.29 is 9.53 Å². The fraction of sp³-hybridized carbons (Fsp3) is 0.382. The average molecular weight is 622 g/mol. The quantitative estimate of drug-likeness (QED) is 0.232. The normalized spacial score (nSPS) is 18.2. The molecule has 4 aromatic rings. The SMILES string of the molecule is CN1CCN(C(C)(C)C=C(C#N)C(=O)N2CCCC2Cn2c(=O)n(-c3ccc(Oc4ccccc4)cc3)c3c(N)ncnc32)CC1. The van der Waals surface area contributed by atoms with E-state index >= 15 is 0 Å². The Balaban J connectivity index is 1.28. The number of nitriles is 1. The Bertz CT molecular complexity index is 1850. The maximum Gasteiger partial charge on any atom is 0.335 e. The summed E-state index contributed by atoms with van der Waals surface area (Å²) >= 11 is 0. The van der Waals surface area contributed by atoms with Gasteiger partial charge in [0.15, 0.2) is 11.5 Å². The molecule has 46 heavy (non-hydrogen) atoms. The number of carbonyl (C=O) groups excluding carboxylic acids is 1. The van der Waals surface area contributed by atoms with Crippen LogP contribution in [0.4, 0.5) is 5.82 Å². The number of hydrogen-bond acceptors (Lipinski definition) is 9. The molecule has 4 heterocycles. The highest BCUT2D eigenvalue weighted by atomic mass is 16.5. The molecule has 2 aliphatic heterocycles. The van der Waals surface area contributed by atoms with Gasteiger partial charge in [-0.15, -0.1) is 0 Å². The lowest BCUT2D eigenvalue weighted by Crippen LogP contribution is -2.53. The van der Waals surface area contributed by atoms with Crippen LogP contribution in [-0.4, -0.2) is 91.1 Å². The minimum Gasteiger partial charge on any atom is -0.457 e. The molecule has 0 radical (unpaired) electrons. The molecule has 2 aromatic heterocycles. The van der Waals surface area contributed by atoms with Crippen LogP contribution in [0.15, 0.2) is 77.4 Å². The van der Waals surface area contributed by atoms with Crippen molar-refractivity contribution in [2.75, 3.05) is 45.5 Å². The number of amides is 1. The van der Waals surface area contributed by atoms with Crippen LogP contribution in [0, 0.1) is 11.3 Å². The van der Waals surface area contributed by atoms with Gasteiger partial charge in [-0.25, -0.2) is 14.8 Å². The number of anilines is 1. The van der Waals surface area contributed by atoms with Crippen molar-refractivity contribution >= 4 is 22.9 Å². The Hall–Kier alpha value is -4.99. The molecule has 1 unspecified atom stereocenters. The van der Waals surface area contributed by atoms with E-state index < -0.39 is 5.54 Å². The van der Waals surface area contributed by atoms with Crippen molar-refractivity contribution in [2.45, 2.75) is 44.8 Å². The number of benzene rings is 2. The van der Waals surface area contributed by atoms with Crippen LogP contribution in [0.2, 0.25) is 0 Å².